The molecule has 2 aliphatic rings. The summed E-state index contributed by atoms with van der Waals surface area (Å²) in [5.74, 6) is -0.178. The van der Waals surface area contributed by atoms with E-state index in [9.17, 15) is 9.59 Å². The SMILES string of the molecule is CCCN[C@H]1CCc2nc(NC(=O)c3cccc([C@H]4CCCN4C(=O)Nc4cccc(N)c4)c3)sc2C1. The number of aromatic nitrogens is 1. The molecule has 2 aromatic carbocycles. The molecule has 1 saturated heterocycles. The minimum atomic E-state index is -0.178. The van der Waals surface area contributed by atoms with Gasteiger partial charge in [-0.3, -0.25) is 10.1 Å². The first-order chi connectivity index (χ1) is 18.0. The van der Waals surface area contributed by atoms with Crippen molar-refractivity contribution in [3.8, 4) is 0 Å². The summed E-state index contributed by atoms with van der Waals surface area (Å²) >= 11 is 1.58. The van der Waals surface area contributed by atoms with Gasteiger partial charge in [0.2, 0.25) is 0 Å². The molecule has 9 heteroatoms. The van der Waals surface area contributed by atoms with E-state index in [0.29, 0.717) is 34.7 Å². The van der Waals surface area contributed by atoms with E-state index < -0.39 is 0 Å². The molecule has 3 amide bonds. The summed E-state index contributed by atoms with van der Waals surface area (Å²) in [5, 5.41) is 10.2. The lowest BCUT2D eigenvalue weighted by Gasteiger charge is -2.25. The number of nitrogens with zero attached hydrogens (tertiary/aromatic N) is 2. The van der Waals surface area contributed by atoms with Gasteiger partial charge in [-0.2, -0.15) is 0 Å². The van der Waals surface area contributed by atoms with Crippen LogP contribution in [0, 0.1) is 0 Å². The van der Waals surface area contributed by atoms with E-state index in [1.807, 2.05) is 41.3 Å². The zero-order valence-electron chi connectivity index (χ0n) is 21.1. The van der Waals surface area contributed by atoms with Crippen LogP contribution >= 0.6 is 11.3 Å². The zero-order chi connectivity index (χ0) is 25.8. The summed E-state index contributed by atoms with van der Waals surface area (Å²) in [6.45, 7) is 3.87. The number of carbonyl (C=O) groups excluding carboxylic acids is 2. The maximum Gasteiger partial charge on any atom is 0.322 e. The summed E-state index contributed by atoms with van der Waals surface area (Å²) in [6, 6.07) is 15.0. The molecular formula is C28H34N6O2S. The highest BCUT2D eigenvalue weighted by Gasteiger charge is 2.30. The molecule has 2 atom stereocenters. The van der Waals surface area contributed by atoms with E-state index >= 15 is 0 Å². The van der Waals surface area contributed by atoms with Gasteiger partial charge in [0.25, 0.3) is 5.91 Å². The third-order valence-electron chi connectivity index (χ3n) is 7.03. The number of rotatable bonds is 7. The average Bonchev–Trinajstić information content (AvgIpc) is 3.54. The number of hydrogen-bond donors (Lipinski definition) is 4. The molecule has 1 aromatic heterocycles. The maximum atomic E-state index is 13.1. The molecule has 1 aliphatic heterocycles. The second-order valence-electron chi connectivity index (χ2n) is 9.77. The summed E-state index contributed by atoms with van der Waals surface area (Å²) in [5.41, 5.74) is 9.75. The molecule has 0 spiro atoms. The Kier molecular flexibility index (Phi) is 7.71. The monoisotopic (exact) mass is 518 g/mol. The third kappa shape index (κ3) is 5.94. The number of urea groups is 1. The van der Waals surface area contributed by atoms with Gasteiger partial charge in [-0.05, 0) is 81.0 Å². The minimum Gasteiger partial charge on any atom is -0.399 e. The average molecular weight is 519 g/mol. The molecule has 1 aliphatic carbocycles. The molecule has 1 fully saturated rings. The Morgan fingerprint density at radius 1 is 1.14 bits per heavy atom. The number of fused-ring (bicyclic) bond motifs is 1. The van der Waals surface area contributed by atoms with Gasteiger partial charge in [-0.15, -0.1) is 11.3 Å². The lowest BCUT2D eigenvalue weighted by molar-refractivity contribution is 0.102. The van der Waals surface area contributed by atoms with Crippen molar-refractivity contribution in [1.82, 2.24) is 15.2 Å². The number of nitrogens with one attached hydrogen (secondary N) is 3. The Morgan fingerprint density at radius 2 is 2.00 bits per heavy atom. The van der Waals surface area contributed by atoms with Crippen molar-refractivity contribution in [3.05, 3.63) is 70.2 Å². The Bertz CT molecular complexity index is 1280. The van der Waals surface area contributed by atoms with Crippen LogP contribution in [-0.2, 0) is 12.8 Å². The van der Waals surface area contributed by atoms with Crippen LogP contribution in [0.1, 0.15) is 65.1 Å². The fraction of sp³-hybridized carbons (Fsp3) is 0.393. The predicted molar refractivity (Wildman–Crippen MR) is 149 cm³/mol. The standard InChI is InChI=1S/C28H34N6O2S/c1-2-13-30-21-11-12-23-25(17-21)37-27(32-23)33-26(35)19-7-3-6-18(15-19)24-10-5-14-34(24)28(36)31-22-9-4-8-20(29)16-22/h3-4,6-9,15-16,21,24,30H,2,5,10-14,17,29H2,1H3,(H,31,36)(H,32,33,35)/t21-,24+/m0/s1. The molecule has 2 heterocycles. The molecule has 0 saturated carbocycles. The number of nitrogen functional groups attached to an aromatic ring is 1. The Hall–Kier alpha value is -3.43. The van der Waals surface area contributed by atoms with Gasteiger partial charge >= 0.3 is 6.03 Å². The zero-order valence-corrected chi connectivity index (χ0v) is 21.9. The highest BCUT2D eigenvalue weighted by atomic mass is 32.1. The highest BCUT2D eigenvalue weighted by molar-refractivity contribution is 7.15. The smallest absolute Gasteiger partial charge is 0.322 e. The van der Waals surface area contributed by atoms with Crippen LogP contribution in [0.3, 0.4) is 0 Å². The van der Waals surface area contributed by atoms with E-state index in [0.717, 1.165) is 56.3 Å². The number of aryl methyl sites for hydroxylation is 1. The molecule has 8 nitrogen and oxygen atoms in total. The normalized spacial score (nSPS) is 18.9. The summed E-state index contributed by atoms with van der Waals surface area (Å²) < 4.78 is 0. The Balaban J connectivity index is 1.25. The highest BCUT2D eigenvalue weighted by Crippen LogP contribution is 2.34. The van der Waals surface area contributed by atoms with Crippen molar-refractivity contribution in [3.63, 3.8) is 0 Å². The molecule has 0 bridgehead atoms. The van der Waals surface area contributed by atoms with Gasteiger partial charge in [0.15, 0.2) is 5.13 Å². The van der Waals surface area contributed by atoms with Crippen LogP contribution in [0.25, 0.3) is 0 Å². The van der Waals surface area contributed by atoms with Crippen LogP contribution in [-0.4, -0.2) is 41.0 Å². The van der Waals surface area contributed by atoms with Gasteiger partial charge in [-0.1, -0.05) is 25.1 Å². The number of amides is 3. The van der Waals surface area contributed by atoms with E-state index in [2.05, 4.69) is 22.9 Å². The third-order valence-corrected chi connectivity index (χ3v) is 8.06. The molecule has 194 valence electrons. The number of carbonyl (C=O) groups is 2. The van der Waals surface area contributed by atoms with Crippen LogP contribution in [0.15, 0.2) is 48.5 Å². The van der Waals surface area contributed by atoms with Crippen molar-refractivity contribution >= 4 is 39.8 Å². The molecular weight excluding hydrogens is 484 g/mol. The number of hydrogen-bond acceptors (Lipinski definition) is 6. The second-order valence-corrected chi connectivity index (χ2v) is 10.9. The maximum absolute atomic E-state index is 13.1. The van der Waals surface area contributed by atoms with Gasteiger partial charge in [-0.25, -0.2) is 9.78 Å². The first kappa shape index (κ1) is 25.2. The largest absolute Gasteiger partial charge is 0.399 e. The molecule has 0 unspecified atom stereocenters. The van der Waals surface area contributed by atoms with Crippen molar-refractivity contribution in [2.45, 2.75) is 57.5 Å². The van der Waals surface area contributed by atoms with Crippen LogP contribution in [0.4, 0.5) is 21.3 Å². The van der Waals surface area contributed by atoms with Crippen LogP contribution < -0.4 is 21.7 Å². The molecule has 5 N–H and O–H groups in total. The van der Waals surface area contributed by atoms with E-state index in [4.69, 9.17) is 10.7 Å². The Labute approximate surface area is 221 Å². The lowest BCUT2D eigenvalue weighted by Crippen LogP contribution is -2.34. The van der Waals surface area contributed by atoms with Gasteiger partial charge in [0.05, 0.1) is 11.7 Å². The quantitative estimate of drug-likeness (QED) is 0.321. The number of nitrogens with two attached hydrogens (primary N) is 1. The number of likely N-dealkylation sites (tertiary alicyclic amines) is 1. The summed E-state index contributed by atoms with van der Waals surface area (Å²) in [6.07, 6.45) is 5.86. The molecule has 5 rings (SSSR count). The van der Waals surface area contributed by atoms with Crippen molar-refractivity contribution in [2.75, 3.05) is 29.5 Å². The lowest BCUT2D eigenvalue weighted by atomic mass is 9.98. The number of thiazole rings is 1. The summed E-state index contributed by atoms with van der Waals surface area (Å²) in [4.78, 5) is 34.0. The topological polar surface area (TPSA) is 112 Å². The molecule has 0 radical (unpaired) electrons. The number of anilines is 3. The molecule has 37 heavy (non-hydrogen) atoms. The summed E-state index contributed by atoms with van der Waals surface area (Å²) in [7, 11) is 0. The first-order valence-corrected chi connectivity index (χ1v) is 13.9. The van der Waals surface area contributed by atoms with Crippen molar-refractivity contribution < 1.29 is 9.59 Å². The predicted octanol–water partition coefficient (Wildman–Crippen LogP) is 5.20. The fourth-order valence-corrected chi connectivity index (χ4v) is 6.26. The minimum absolute atomic E-state index is 0.0893. The van der Waals surface area contributed by atoms with E-state index in [-0.39, 0.29) is 18.0 Å². The molecule has 3 aromatic rings. The fourth-order valence-electron chi connectivity index (χ4n) is 5.18. The van der Waals surface area contributed by atoms with Crippen LogP contribution in [0.2, 0.25) is 0 Å². The van der Waals surface area contributed by atoms with Gasteiger partial charge < -0.3 is 21.3 Å². The van der Waals surface area contributed by atoms with Gasteiger partial charge in [0.1, 0.15) is 0 Å². The van der Waals surface area contributed by atoms with Crippen LogP contribution in [0.5, 0.6) is 0 Å². The van der Waals surface area contributed by atoms with Crippen molar-refractivity contribution in [1.29, 1.82) is 0 Å². The van der Waals surface area contributed by atoms with Gasteiger partial charge in [0, 0.05) is 34.4 Å². The Morgan fingerprint density at radius 3 is 2.84 bits per heavy atom. The van der Waals surface area contributed by atoms with E-state index in [1.54, 1.807) is 23.5 Å². The first-order valence-electron chi connectivity index (χ1n) is 13.1. The van der Waals surface area contributed by atoms with E-state index in [1.165, 1.54) is 4.88 Å². The van der Waals surface area contributed by atoms with Crippen molar-refractivity contribution in [2.24, 2.45) is 0 Å². The second kappa shape index (κ2) is 11.3. The number of benzene rings is 2.